The molecule has 20 heavy (non-hydrogen) atoms. The van der Waals surface area contributed by atoms with Crippen molar-refractivity contribution in [2.24, 2.45) is 5.92 Å². The van der Waals surface area contributed by atoms with E-state index in [2.05, 4.69) is 19.2 Å². The van der Waals surface area contributed by atoms with Gasteiger partial charge in [-0.1, -0.05) is 26.0 Å². The molecule has 1 aromatic carbocycles. The summed E-state index contributed by atoms with van der Waals surface area (Å²) in [5.74, 6) is 1.95. The molecule has 4 heteroatoms. The SMILES string of the molecule is COc1cccc2cc(C(C)NC(CO)C(C)C)oc12. The van der Waals surface area contributed by atoms with Crippen molar-refractivity contribution >= 4 is 11.0 Å². The third-order valence-electron chi connectivity index (χ3n) is 3.64. The highest BCUT2D eigenvalue weighted by atomic mass is 16.5. The highest BCUT2D eigenvalue weighted by Gasteiger charge is 2.19. The van der Waals surface area contributed by atoms with E-state index < -0.39 is 0 Å². The van der Waals surface area contributed by atoms with Gasteiger partial charge in [0.1, 0.15) is 5.76 Å². The molecule has 2 N–H and O–H groups in total. The molecule has 0 saturated carbocycles. The van der Waals surface area contributed by atoms with Gasteiger partial charge in [0.15, 0.2) is 11.3 Å². The molecular weight excluding hydrogens is 254 g/mol. The fraction of sp³-hybridized carbons (Fsp3) is 0.500. The molecule has 4 nitrogen and oxygen atoms in total. The molecule has 0 spiro atoms. The number of methoxy groups -OCH3 is 1. The molecule has 1 aromatic heterocycles. The van der Waals surface area contributed by atoms with Crippen LogP contribution in [0.4, 0.5) is 0 Å². The first-order valence-electron chi connectivity index (χ1n) is 7.00. The zero-order valence-corrected chi connectivity index (χ0v) is 12.5. The molecule has 0 amide bonds. The molecule has 1 heterocycles. The first-order chi connectivity index (χ1) is 9.56. The minimum Gasteiger partial charge on any atom is -0.493 e. The van der Waals surface area contributed by atoms with Gasteiger partial charge in [-0.3, -0.25) is 0 Å². The predicted octanol–water partition coefficient (Wildman–Crippen LogP) is 3.11. The average molecular weight is 277 g/mol. The van der Waals surface area contributed by atoms with Gasteiger partial charge in [-0.2, -0.15) is 0 Å². The highest BCUT2D eigenvalue weighted by molar-refractivity contribution is 5.83. The first-order valence-corrected chi connectivity index (χ1v) is 7.00. The quantitative estimate of drug-likeness (QED) is 0.852. The molecule has 0 radical (unpaired) electrons. The lowest BCUT2D eigenvalue weighted by atomic mass is 10.0. The van der Waals surface area contributed by atoms with Crippen molar-refractivity contribution in [1.82, 2.24) is 5.32 Å². The number of ether oxygens (including phenoxy) is 1. The summed E-state index contributed by atoms with van der Waals surface area (Å²) in [6.07, 6.45) is 0. The van der Waals surface area contributed by atoms with E-state index >= 15 is 0 Å². The van der Waals surface area contributed by atoms with Crippen LogP contribution in [-0.4, -0.2) is 24.9 Å². The van der Waals surface area contributed by atoms with Crippen LogP contribution in [-0.2, 0) is 0 Å². The Hall–Kier alpha value is -1.52. The molecule has 0 fully saturated rings. The second-order valence-electron chi connectivity index (χ2n) is 5.45. The van der Waals surface area contributed by atoms with Gasteiger partial charge in [0.25, 0.3) is 0 Å². The van der Waals surface area contributed by atoms with Gasteiger partial charge in [-0.25, -0.2) is 0 Å². The zero-order chi connectivity index (χ0) is 14.7. The summed E-state index contributed by atoms with van der Waals surface area (Å²) in [5.41, 5.74) is 0.767. The van der Waals surface area contributed by atoms with Crippen molar-refractivity contribution in [2.45, 2.75) is 32.9 Å². The topological polar surface area (TPSA) is 54.6 Å². The standard InChI is InChI=1S/C16H23NO3/c1-10(2)13(9-18)17-11(3)15-8-12-6-5-7-14(19-4)16(12)20-15/h5-8,10-11,13,17-18H,9H2,1-4H3. The number of para-hydroxylation sites is 1. The number of fused-ring (bicyclic) bond motifs is 1. The summed E-state index contributed by atoms with van der Waals surface area (Å²) >= 11 is 0. The van der Waals surface area contributed by atoms with Gasteiger partial charge < -0.3 is 19.6 Å². The third-order valence-corrected chi connectivity index (χ3v) is 3.64. The van der Waals surface area contributed by atoms with E-state index in [1.54, 1.807) is 7.11 Å². The number of hydrogen-bond acceptors (Lipinski definition) is 4. The van der Waals surface area contributed by atoms with Gasteiger partial charge in [0.05, 0.1) is 19.8 Å². The van der Waals surface area contributed by atoms with E-state index in [-0.39, 0.29) is 18.7 Å². The van der Waals surface area contributed by atoms with Crippen molar-refractivity contribution in [3.8, 4) is 5.75 Å². The van der Waals surface area contributed by atoms with Crippen LogP contribution < -0.4 is 10.1 Å². The molecule has 0 saturated heterocycles. The number of aliphatic hydroxyl groups excluding tert-OH is 1. The van der Waals surface area contributed by atoms with Gasteiger partial charge in [0, 0.05) is 11.4 Å². The van der Waals surface area contributed by atoms with Gasteiger partial charge >= 0.3 is 0 Å². The van der Waals surface area contributed by atoms with Gasteiger partial charge in [-0.05, 0) is 25.0 Å². The van der Waals surface area contributed by atoms with Crippen molar-refractivity contribution in [3.63, 3.8) is 0 Å². The second kappa shape index (κ2) is 6.29. The number of benzene rings is 1. The first kappa shape index (κ1) is 14.9. The average Bonchev–Trinajstić information content (AvgIpc) is 2.87. The normalized spacial score (nSPS) is 14.7. The molecule has 2 rings (SSSR count). The Labute approximate surface area is 119 Å². The van der Waals surface area contributed by atoms with Gasteiger partial charge in [0.2, 0.25) is 0 Å². The molecule has 2 unspecified atom stereocenters. The summed E-state index contributed by atoms with van der Waals surface area (Å²) in [7, 11) is 1.64. The number of hydrogen-bond donors (Lipinski definition) is 2. The van der Waals surface area contributed by atoms with Crippen LogP contribution in [0.2, 0.25) is 0 Å². The van der Waals surface area contributed by atoms with Crippen LogP contribution in [0.1, 0.15) is 32.6 Å². The maximum Gasteiger partial charge on any atom is 0.176 e. The monoisotopic (exact) mass is 277 g/mol. The Morgan fingerprint density at radius 1 is 1.30 bits per heavy atom. The largest absolute Gasteiger partial charge is 0.493 e. The molecule has 2 atom stereocenters. The van der Waals surface area contributed by atoms with Crippen molar-refractivity contribution < 1.29 is 14.3 Å². The predicted molar refractivity (Wildman–Crippen MR) is 80.0 cm³/mol. The van der Waals surface area contributed by atoms with Gasteiger partial charge in [-0.15, -0.1) is 0 Å². The molecule has 2 aromatic rings. The van der Waals surface area contributed by atoms with E-state index in [4.69, 9.17) is 9.15 Å². The summed E-state index contributed by atoms with van der Waals surface area (Å²) in [6.45, 7) is 6.32. The van der Waals surface area contributed by atoms with Crippen LogP contribution in [0.3, 0.4) is 0 Å². The second-order valence-corrected chi connectivity index (χ2v) is 5.45. The minimum absolute atomic E-state index is 0.0339. The minimum atomic E-state index is 0.0339. The lowest BCUT2D eigenvalue weighted by Crippen LogP contribution is -2.38. The van der Waals surface area contributed by atoms with Crippen molar-refractivity contribution in [1.29, 1.82) is 0 Å². The Kier molecular flexibility index (Phi) is 4.68. The van der Waals surface area contributed by atoms with Crippen LogP contribution in [0.15, 0.2) is 28.7 Å². The molecule has 0 bridgehead atoms. The summed E-state index contributed by atoms with van der Waals surface area (Å²) in [4.78, 5) is 0. The fourth-order valence-corrected chi connectivity index (χ4v) is 2.29. The van der Waals surface area contributed by atoms with Crippen LogP contribution in [0, 0.1) is 5.92 Å². The fourth-order valence-electron chi connectivity index (χ4n) is 2.29. The lowest BCUT2D eigenvalue weighted by Gasteiger charge is -2.23. The Bertz CT molecular complexity index is 562. The number of aliphatic hydroxyl groups is 1. The van der Waals surface area contributed by atoms with E-state index in [0.29, 0.717) is 5.92 Å². The number of furan rings is 1. The summed E-state index contributed by atoms with van der Waals surface area (Å²) < 4.78 is 11.2. The number of rotatable bonds is 6. The van der Waals surface area contributed by atoms with E-state index in [1.807, 2.05) is 31.2 Å². The maximum absolute atomic E-state index is 9.40. The van der Waals surface area contributed by atoms with E-state index in [0.717, 1.165) is 22.5 Å². The molecule has 0 aliphatic heterocycles. The Morgan fingerprint density at radius 2 is 2.05 bits per heavy atom. The maximum atomic E-state index is 9.40. The van der Waals surface area contributed by atoms with Crippen LogP contribution in [0.25, 0.3) is 11.0 Å². The highest BCUT2D eigenvalue weighted by Crippen LogP contribution is 2.31. The molecular formula is C16H23NO3. The summed E-state index contributed by atoms with van der Waals surface area (Å²) in [5, 5.41) is 13.8. The summed E-state index contributed by atoms with van der Waals surface area (Å²) in [6, 6.07) is 7.95. The van der Waals surface area contributed by atoms with Crippen LogP contribution >= 0.6 is 0 Å². The Morgan fingerprint density at radius 3 is 2.65 bits per heavy atom. The lowest BCUT2D eigenvalue weighted by molar-refractivity contribution is 0.197. The molecule has 0 aliphatic carbocycles. The van der Waals surface area contributed by atoms with Crippen molar-refractivity contribution in [2.75, 3.05) is 13.7 Å². The van der Waals surface area contributed by atoms with Crippen molar-refractivity contribution in [3.05, 3.63) is 30.0 Å². The third kappa shape index (κ3) is 2.97. The molecule has 110 valence electrons. The van der Waals surface area contributed by atoms with E-state index in [9.17, 15) is 5.11 Å². The Balaban J connectivity index is 2.24. The van der Waals surface area contributed by atoms with E-state index in [1.165, 1.54) is 0 Å². The number of nitrogens with one attached hydrogen (secondary N) is 1. The van der Waals surface area contributed by atoms with Crippen LogP contribution in [0.5, 0.6) is 5.75 Å². The smallest absolute Gasteiger partial charge is 0.176 e. The zero-order valence-electron chi connectivity index (χ0n) is 12.5. The molecule has 0 aliphatic rings.